The fourth-order valence-electron chi connectivity index (χ4n) is 3.35. The van der Waals surface area contributed by atoms with E-state index in [4.69, 9.17) is 4.99 Å². The highest BCUT2D eigenvalue weighted by atomic mass is 127. The van der Waals surface area contributed by atoms with E-state index in [-0.39, 0.29) is 5.91 Å². The van der Waals surface area contributed by atoms with E-state index in [0.717, 1.165) is 31.6 Å². The van der Waals surface area contributed by atoms with Gasteiger partial charge in [0.2, 0.25) is 0 Å². The van der Waals surface area contributed by atoms with Gasteiger partial charge in [0.15, 0.2) is 0 Å². The molecule has 158 valence electrons. The topological polar surface area (TPSA) is 32.7 Å². The van der Waals surface area contributed by atoms with Gasteiger partial charge in [-0.3, -0.25) is 9.69 Å². The van der Waals surface area contributed by atoms with Crippen LogP contribution in [0.2, 0.25) is 0 Å². The molecule has 3 nitrogen and oxygen atoms in total. The van der Waals surface area contributed by atoms with E-state index in [1.54, 1.807) is 4.90 Å². The Hall–Kier alpha value is -3.25. The van der Waals surface area contributed by atoms with Crippen molar-refractivity contribution in [2.45, 2.75) is 13.8 Å². The first-order valence-electron chi connectivity index (χ1n) is 10.4. The lowest BCUT2D eigenvalue weighted by Crippen LogP contribution is -2.38. The Morgan fingerprint density at radius 3 is 1.91 bits per heavy atom. The van der Waals surface area contributed by atoms with Crippen LogP contribution in [0.25, 0.3) is 0 Å². The van der Waals surface area contributed by atoms with Crippen molar-refractivity contribution in [1.82, 2.24) is 0 Å². The van der Waals surface area contributed by atoms with Gasteiger partial charge < -0.3 is 0 Å². The molecule has 4 rings (SSSR count). The number of carbonyl (C=O) groups is 1. The van der Waals surface area contributed by atoms with Crippen LogP contribution in [0.1, 0.15) is 27.0 Å². The molecule has 1 amide bonds. The maximum atomic E-state index is 13.8. The van der Waals surface area contributed by atoms with Crippen LogP contribution < -0.4 is 4.90 Å². The van der Waals surface area contributed by atoms with Gasteiger partial charge in [-0.1, -0.05) is 71.8 Å². The van der Waals surface area contributed by atoms with Crippen LogP contribution in [-0.4, -0.2) is 11.7 Å². The summed E-state index contributed by atoms with van der Waals surface area (Å²) in [6, 6.07) is 33.3. The van der Waals surface area contributed by atoms with E-state index >= 15 is 0 Å². The van der Waals surface area contributed by atoms with Gasteiger partial charge in [0, 0.05) is 14.7 Å². The molecule has 32 heavy (non-hydrogen) atoms. The average molecular weight is 530 g/mol. The Balaban J connectivity index is 1.95. The minimum Gasteiger partial charge on any atom is -0.268 e. The van der Waals surface area contributed by atoms with E-state index in [2.05, 4.69) is 22.6 Å². The molecule has 0 N–H and O–H groups in total. The lowest BCUT2D eigenvalue weighted by molar-refractivity contribution is 0.100. The van der Waals surface area contributed by atoms with Crippen LogP contribution >= 0.6 is 22.6 Å². The summed E-state index contributed by atoms with van der Waals surface area (Å²) in [5.74, 6) is 0.469. The number of benzene rings is 4. The summed E-state index contributed by atoms with van der Waals surface area (Å²) in [6.45, 7) is 4.08. The molecule has 0 saturated carbocycles. The van der Waals surface area contributed by atoms with Crippen LogP contribution in [0.15, 0.2) is 108 Å². The quantitative estimate of drug-likeness (QED) is 0.155. The van der Waals surface area contributed by atoms with E-state index in [9.17, 15) is 4.79 Å². The molecule has 0 fully saturated rings. The lowest BCUT2D eigenvalue weighted by atomic mass is 10.1. The molecule has 0 unspecified atom stereocenters. The van der Waals surface area contributed by atoms with E-state index in [0.29, 0.717) is 11.4 Å². The Labute approximate surface area is 202 Å². The van der Waals surface area contributed by atoms with E-state index in [1.165, 1.54) is 0 Å². The number of aliphatic imine (C=N–C) groups is 1. The Morgan fingerprint density at radius 1 is 0.719 bits per heavy atom. The molecular formula is C28H23IN2O. The Morgan fingerprint density at radius 2 is 1.28 bits per heavy atom. The average Bonchev–Trinajstić information content (AvgIpc) is 2.82. The first-order chi connectivity index (χ1) is 15.5. The summed E-state index contributed by atoms with van der Waals surface area (Å²) in [6.07, 6.45) is 0. The third-order valence-corrected chi connectivity index (χ3v) is 6.05. The summed E-state index contributed by atoms with van der Waals surface area (Å²) >= 11 is 2.30. The van der Waals surface area contributed by atoms with E-state index < -0.39 is 0 Å². The summed E-state index contributed by atoms with van der Waals surface area (Å²) in [4.78, 5) is 20.6. The van der Waals surface area contributed by atoms with Crippen molar-refractivity contribution in [2.75, 3.05) is 4.90 Å². The summed E-state index contributed by atoms with van der Waals surface area (Å²) in [5.41, 5.74) is 5.37. The summed E-state index contributed by atoms with van der Waals surface area (Å²) in [7, 11) is 0. The fraction of sp³-hybridized carbons (Fsp3) is 0.0714. The minimum atomic E-state index is -0.125. The number of anilines is 1. The zero-order chi connectivity index (χ0) is 22.5. The first-order valence-corrected chi connectivity index (χ1v) is 11.5. The third-order valence-electron chi connectivity index (χ3n) is 5.11. The number of aryl methyl sites for hydroxylation is 2. The maximum Gasteiger partial charge on any atom is 0.264 e. The smallest absolute Gasteiger partial charge is 0.264 e. The second-order valence-electron chi connectivity index (χ2n) is 7.59. The molecule has 0 heterocycles. The van der Waals surface area contributed by atoms with Gasteiger partial charge in [-0.15, -0.1) is 0 Å². The second-order valence-corrected chi connectivity index (χ2v) is 8.76. The van der Waals surface area contributed by atoms with E-state index in [1.807, 2.05) is 117 Å². The van der Waals surface area contributed by atoms with Crippen molar-refractivity contribution in [2.24, 2.45) is 4.99 Å². The maximum absolute atomic E-state index is 13.8. The normalized spacial score (nSPS) is 11.3. The molecule has 0 aliphatic heterocycles. The van der Waals surface area contributed by atoms with Crippen molar-refractivity contribution < 1.29 is 4.79 Å². The van der Waals surface area contributed by atoms with Crippen LogP contribution in [0, 0.1) is 17.4 Å². The van der Waals surface area contributed by atoms with Crippen molar-refractivity contribution in [3.05, 3.63) is 129 Å². The Bertz CT molecular complexity index is 1250. The van der Waals surface area contributed by atoms with Crippen molar-refractivity contribution in [1.29, 1.82) is 0 Å². The molecule has 0 aromatic heterocycles. The van der Waals surface area contributed by atoms with Crippen LogP contribution in [0.4, 0.5) is 11.4 Å². The van der Waals surface area contributed by atoms with Gasteiger partial charge in [-0.25, -0.2) is 4.99 Å². The molecule has 0 aliphatic rings. The second kappa shape index (κ2) is 9.92. The molecule has 4 heteroatoms. The molecule has 0 bridgehead atoms. The van der Waals surface area contributed by atoms with Gasteiger partial charge in [0.25, 0.3) is 5.91 Å². The molecular weight excluding hydrogens is 507 g/mol. The molecule has 4 aromatic rings. The number of rotatable bonds is 4. The molecule has 0 radical (unpaired) electrons. The minimum absolute atomic E-state index is 0.125. The largest absolute Gasteiger partial charge is 0.268 e. The predicted octanol–water partition coefficient (Wildman–Crippen LogP) is 7.33. The molecule has 0 saturated heterocycles. The van der Waals surface area contributed by atoms with Crippen LogP contribution in [0.5, 0.6) is 0 Å². The summed E-state index contributed by atoms with van der Waals surface area (Å²) in [5, 5.41) is 0. The molecule has 0 spiro atoms. The number of hydrogen-bond donors (Lipinski definition) is 0. The van der Waals surface area contributed by atoms with Gasteiger partial charge in [0.1, 0.15) is 5.84 Å². The SMILES string of the molecule is Cc1ccc(N=C(c2ccccc2I)N(C(=O)c2ccccc2)c2ccc(C)cc2)cc1. The summed E-state index contributed by atoms with van der Waals surface area (Å²) < 4.78 is 1.02. The fourth-order valence-corrected chi connectivity index (χ4v) is 3.98. The molecule has 0 atom stereocenters. The van der Waals surface area contributed by atoms with Crippen molar-refractivity contribution in [3.63, 3.8) is 0 Å². The molecule has 4 aromatic carbocycles. The lowest BCUT2D eigenvalue weighted by Gasteiger charge is -2.26. The van der Waals surface area contributed by atoms with Crippen LogP contribution in [0.3, 0.4) is 0 Å². The van der Waals surface area contributed by atoms with Gasteiger partial charge in [-0.05, 0) is 78.9 Å². The van der Waals surface area contributed by atoms with Crippen LogP contribution in [-0.2, 0) is 0 Å². The highest BCUT2D eigenvalue weighted by molar-refractivity contribution is 14.1. The number of nitrogens with zero attached hydrogens (tertiary/aromatic N) is 2. The third kappa shape index (κ3) is 4.97. The van der Waals surface area contributed by atoms with Gasteiger partial charge in [0.05, 0.1) is 11.4 Å². The first kappa shape index (κ1) is 22.0. The monoisotopic (exact) mass is 530 g/mol. The number of amides is 1. The Kier molecular flexibility index (Phi) is 6.81. The van der Waals surface area contributed by atoms with Gasteiger partial charge >= 0.3 is 0 Å². The molecule has 0 aliphatic carbocycles. The van der Waals surface area contributed by atoms with Crippen molar-refractivity contribution in [3.8, 4) is 0 Å². The predicted molar refractivity (Wildman–Crippen MR) is 141 cm³/mol. The zero-order valence-electron chi connectivity index (χ0n) is 18.0. The number of halogens is 1. The van der Waals surface area contributed by atoms with Gasteiger partial charge in [-0.2, -0.15) is 0 Å². The number of carbonyl (C=O) groups excluding carboxylic acids is 1. The highest BCUT2D eigenvalue weighted by Gasteiger charge is 2.25. The zero-order valence-corrected chi connectivity index (χ0v) is 20.2. The number of hydrogen-bond acceptors (Lipinski definition) is 2. The van der Waals surface area contributed by atoms with Crippen molar-refractivity contribution >= 4 is 45.7 Å². The standard InChI is InChI=1S/C28H23IN2O/c1-20-12-16-23(17-13-20)30-27(25-10-6-7-11-26(25)29)31(24-18-14-21(2)15-19-24)28(32)22-8-4-3-5-9-22/h3-19H,1-2H3. The highest BCUT2D eigenvalue weighted by Crippen LogP contribution is 2.26. The number of amidine groups is 1.